The van der Waals surface area contributed by atoms with Crippen molar-refractivity contribution in [3.05, 3.63) is 69.7 Å². The molecule has 1 atom stereocenters. The Labute approximate surface area is 132 Å². The number of carbonyl (C=O) groups is 1. The molecular weight excluding hydrogens is 328 g/mol. The fraction of sp³-hybridized carbons (Fsp3) is 0.176. The average Bonchev–Trinajstić information content (AvgIpc) is 2.84. The van der Waals surface area contributed by atoms with E-state index in [9.17, 15) is 4.79 Å². The highest BCUT2D eigenvalue weighted by Crippen LogP contribution is 2.20. The number of benzene rings is 2. The van der Waals surface area contributed by atoms with Crippen LogP contribution in [0.15, 0.2) is 53.0 Å². The lowest BCUT2D eigenvalue weighted by molar-refractivity contribution is -0.558. The van der Waals surface area contributed by atoms with Gasteiger partial charge in [-0.25, -0.2) is 4.58 Å². The Morgan fingerprint density at radius 1 is 1.19 bits per heavy atom. The first-order valence-corrected chi connectivity index (χ1v) is 7.64. The topological polar surface area (TPSA) is 46.1 Å². The maximum atomic E-state index is 12.6. The Kier molecular flexibility index (Phi) is 3.64. The maximum absolute atomic E-state index is 12.6. The predicted octanol–water partition coefficient (Wildman–Crippen LogP) is 2.95. The van der Waals surface area contributed by atoms with Gasteiger partial charge >= 0.3 is 0 Å². The second-order valence-corrected chi connectivity index (χ2v) is 6.13. The number of hydrogen-bond acceptors (Lipinski definition) is 2. The minimum atomic E-state index is -0.279. The van der Waals surface area contributed by atoms with Crippen LogP contribution in [-0.4, -0.2) is 22.2 Å². The number of Topliss-reactive ketones (excluding diaryl/α,β-unsaturated/α-hetero) is 1. The van der Waals surface area contributed by atoms with Crippen LogP contribution >= 0.6 is 15.9 Å². The third-order valence-electron chi connectivity index (χ3n) is 3.92. The molecule has 1 heterocycles. The number of nitrogens with zero attached hydrogens (tertiary/aromatic N) is 1. The van der Waals surface area contributed by atoms with Gasteiger partial charge in [0.25, 0.3) is 5.84 Å². The molecule has 2 aromatic carbocycles. The lowest BCUT2D eigenvalue weighted by Gasteiger charge is -2.12. The van der Waals surface area contributed by atoms with Gasteiger partial charge in [0.2, 0.25) is 5.78 Å². The van der Waals surface area contributed by atoms with E-state index in [-0.39, 0.29) is 11.8 Å². The molecule has 0 radical (unpaired) electrons. The summed E-state index contributed by atoms with van der Waals surface area (Å²) in [7, 11) is 0. The van der Waals surface area contributed by atoms with Gasteiger partial charge in [-0.05, 0) is 25.1 Å². The molecule has 4 heteroatoms. The molecule has 0 aliphatic carbocycles. The summed E-state index contributed by atoms with van der Waals surface area (Å²) < 4.78 is 2.93. The molecule has 3 nitrogen and oxygen atoms in total. The monoisotopic (exact) mass is 343 g/mol. The van der Waals surface area contributed by atoms with Crippen molar-refractivity contribution in [2.24, 2.45) is 5.73 Å². The van der Waals surface area contributed by atoms with Crippen molar-refractivity contribution in [1.29, 1.82) is 0 Å². The molecule has 1 aliphatic heterocycles. The summed E-state index contributed by atoms with van der Waals surface area (Å²) in [6.45, 7) is 2.59. The van der Waals surface area contributed by atoms with Gasteiger partial charge in [-0.2, -0.15) is 0 Å². The van der Waals surface area contributed by atoms with Crippen LogP contribution in [0.2, 0.25) is 0 Å². The Bertz CT molecular complexity index is 735. The SMILES string of the molecule is CC(C(=O)c1ccc(Br)cc1)[N+]1=C(N)c2ccccc2C1. The number of amidine groups is 1. The van der Waals surface area contributed by atoms with Crippen LogP contribution in [0.1, 0.15) is 28.4 Å². The highest BCUT2D eigenvalue weighted by Gasteiger charge is 2.31. The lowest BCUT2D eigenvalue weighted by Crippen LogP contribution is -2.35. The first-order valence-electron chi connectivity index (χ1n) is 6.85. The smallest absolute Gasteiger partial charge is 0.276 e. The van der Waals surface area contributed by atoms with Crippen molar-refractivity contribution in [1.82, 2.24) is 0 Å². The van der Waals surface area contributed by atoms with Crippen LogP contribution in [0.25, 0.3) is 0 Å². The van der Waals surface area contributed by atoms with Gasteiger partial charge in [0, 0.05) is 15.6 Å². The summed E-state index contributed by atoms with van der Waals surface area (Å²) in [5.74, 6) is 0.766. The highest BCUT2D eigenvalue weighted by atomic mass is 79.9. The van der Waals surface area contributed by atoms with E-state index in [4.69, 9.17) is 5.73 Å². The number of nitrogens with two attached hydrogens (primary N) is 1. The van der Waals surface area contributed by atoms with Crippen molar-refractivity contribution < 1.29 is 9.37 Å². The maximum Gasteiger partial charge on any atom is 0.276 e. The second-order valence-electron chi connectivity index (χ2n) is 5.22. The standard InChI is InChI=1S/C17H15BrN2O/c1-11(16(21)12-6-8-14(18)9-7-12)20-10-13-4-2-3-5-15(13)17(20)19/h2-9,11,19H,10H2,1H3/p+1. The number of fused-ring (bicyclic) bond motifs is 1. The molecule has 2 N–H and O–H groups in total. The van der Waals surface area contributed by atoms with Gasteiger partial charge in [-0.1, -0.05) is 46.3 Å². The molecular formula is C17H16BrN2O+. The van der Waals surface area contributed by atoms with Gasteiger partial charge < -0.3 is 0 Å². The van der Waals surface area contributed by atoms with E-state index in [1.165, 1.54) is 5.56 Å². The fourth-order valence-corrected chi connectivity index (χ4v) is 2.94. The van der Waals surface area contributed by atoms with Crippen molar-refractivity contribution in [3.8, 4) is 0 Å². The fourth-order valence-electron chi connectivity index (χ4n) is 2.67. The third kappa shape index (κ3) is 2.51. The Morgan fingerprint density at radius 3 is 2.52 bits per heavy atom. The van der Waals surface area contributed by atoms with E-state index >= 15 is 0 Å². The molecule has 21 heavy (non-hydrogen) atoms. The average molecular weight is 344 g/mol. The van der Waals surface area contributed by atoms with E-state index in [1.54, 1.807) is 0 Å². The summed E-state index contributed by atoms with van der Waals surface area (Å²) >= 11 is 3.38. The quantitative estimate of drug-likeness (QED) is 0.687. The van der Waals surface area contributed by atoms with Crippen LogP contribution in [0.5, 0.6) is 0 Å². The number of hydrogen-bond donors (Lipinski definition) is 1. The van der Waals surface area contributed by atoms with Crippen molar-refractivity contribution >= 4 is 27.5 Å². The van der Waals surface area contributed by atoms with E-state index in [0.29, 0.717) is 17.9 Å². The number of ketones is 1. The molecule has 2 aromatic rings. The summed E-state index contributed by atoms with van der Waals surface area (Å²) in [4.78, 5) is 12.6. The van der Waals surface area contributed by atoms with Crippen molar-refractivity contribution in [3.63, 3.8) is 0 Å². The Balaban J connectivity index is 1.90. The number of halogens is 1. The number of carbonyl (C=O) groups excluding carboxylic acids is 1. The molecule has 0 fully saturated rings. The highest BCUT2D eigenvalue weighted by molar-refractivity contribution is 9.10. The molecule has 0 saturated carbocycles. The molecule has 1 unspecified atom stereocenters. The zero-order valence-electron chi connectivity index (χ0n) is 11.7. The van der Waals surface area contributed by atoms with Gasteiger partial charge in [0.05, 0.1) is 5.56 Å². The molecule has 106 valence electrons. The van der Waals surface area contributed by atoms with E-state index < -0.39 is 0 Å². The third-order valence-corrected chi connectivity index (χ3v) is 4.45. The largest absolute Gasteiger partial charge is 0.289 e. The molecule has 0 aromatic heterocycles. The zero-order valence-corrected chi connectivity index (χ0v) is 13.3. The van der Waals surface area contributed by atoms with Gasteiger partial charge in [-0.3, -0.25) is 10.5 Å². The lowest BCUT2D eigenvalue weighted by atomic mass is 10.1. The summed E-state index contributed by atoms with van der Waals surface area (Å²) in [5, 5.41) is 0. The normalized spacial score (nSPS) is 15.0. The van der Waals surface area contributed by atoms with Crippen LogP contribution < -0.4 is 5.73 Å². The minimum absolute atomic E-state index is 0.0817. The molecule has 1 aliphatic rings. The Hall–Kier alpha value is -1.94. The van der Waals surface area contributed by atoms with Crippen LogP contribution in [-0.2, 0) is 6.54 Å². The number of rotatable bonds is 3. The van der Waals surface area contributed by atoms with Crippen LogP contribution in [0.3, 0.4) is 0 Å². The summed E-state index contributed by atoms with van der Waals surface area (Å²) in [5.41, 5.74) is 9.12. The summed E-state index contributed by atoms with van der Waals surface area (Å²) in [6, 6.07) is 15.2. The minimum Gasteiger partial charge on any atom is -0.289 e. The Morgan fingerprint density at radius 2 is 1.86 bits per heavy atom. The first kappa shape index (κ1) is 14.0. The van der Waals surface area contributed by atoms with Gasteiger partial charge in [0.1, 0.15) is 6.54 Å². The molecule has 0 amide bonds. The van der Waals surface area contributed by atoms with E-state index in [1.807, 2.05) is 54.0 Å². The van der Waals surface area contributed by atoms with E-state index in [0.717, 1.165) is 10.0 Å². The zero-order chi connectivity index (χ0) is 15.0. The summed E-state index contributed by atoms with van der Waals surface area (Å²) in [6.07, 6.45) is 0. The van der Waals surface area contributed by atoms with Crippen LogP contribution in [0, 0.1) is 0 Å². The van der Waals surface area contributed by atoms with Crippen molar-refractivity contribution in [2.75, 3.05) is 0 Å². The molecule has 0 bridgehead atoms. The van der Waals surface area contributed by atoms with Gasteiger partial charge in [-0.15, -0.1) is 0 Å². The first-order chi connectivity index (χ1) is 10.1. The predicted molar refractivity (Wildman–Crippen MR) is 86.6 cm³/mol. The van der Waals surface area contributed by atoms with Gasteiger partial charge in [0.15, 0.2) is 6.04 Å². The molecule has 0 saturated heterocycles. The molecule has 3 rings (SSSR count). The van der Waals surface area contributed by atoms with Crippen LogP contribution in [0.4, 0.5) is 0 Å². The van der Waals surface area contributed by atoms with Crippen molar-refractivity contribution in [2.45, 2.75) is 19.5 Å². The molecule has 0 spiro atoms. The van der Waals surface area contributed by atoms with E-state index in [2.05, 4.69) is 22.0 Å². The second kappa shape index (κ2) is 5.45.